The monoisotopic (exact) mass is 241 g/mol. The van der Waals surface area contributed by atoms with E-state index in [0.717, 1.165) is 18.8 Å². The molecule has 0 aliphatic heterocycles. The van der Waals surface area contributed by atoms with Crippen LogP contribution in [0, 0.1) is 11.8 Å². The summed E-state index contributed by atoms with van der Waals surface area (Å²) in [6.07, 6.45) is 9.46. The molecule has 2 unspecified atom stereocenters. The van der Waals surface area contributed by atoms with Crippen molar-refractivity contribution in [3.05, 3.63) is 0 Å². The average molecular weight is 241 g/mol. The summed E-state index contributed by atoms with van der Waals surface area (Å²) in [4.78, 5) is 10.9. The summed E-state index contributed by atoms with van der Waals surface area (Å²) in [7, 11) is 0. The number of hydrogen-bond acceptors (Lipinski definition) is 2. The fraction of sp³-hybridized carbons (Fsp3) is 0.929. The van der Waals surface area contributed by atoms with E-state index in [1.165, 1.54) is 32.1 Å². The van der Waals surface area contributed by atoms with E-state index in [-0.39, 0.29) is 0 Å². The molecule has 0 aromatic heterocycles. The van der Waals surface area contributed by atoms with E-state index in [2.05, 4.69) is 6.92 Å². The molecule has 1 rings (SSSR count). The van der Waals surface area contributed by atoms with Crippen molar-refractivity contribution < 1.29 is 9.90 Å². The van der Waals surface area contributed by atoms with Crippen molar-refractivity contribution in [2.24, 2.45) is 17.6 Å². The first-order chi connectivity index (χ1) is 7.95. The molecule has 1 saturated carbocycles. The van der Waals surface area contributed by atoms with Crippen LogP contribution < -0.4 is 5.73 Å². The molecule has 0 spiro atoms. The molecule has 3 N–H and O–H groups in total. The molecule has 1 aliphatic rings. The van der Waals surface area contributed by atoms with Gasteiger partial charge in [-0.15, -0.1) is 0 Å². The van der Waals surface area contributed by atoms with Gasteiger partial charge in [0.15, 0.2) is 0 Å². The molecule has 0 aromatic rings. The third-order valence-electron chi connectivity index (χ3n) is 4.35. The quantitative estimate of drug-likeness (QED) is 0.686. The number of nitrogens with two attached hydrogens (primary N) is 1. The van der Waals surface area contributed by atoms with Crippen LogP contribution in [-0.2, 0) is 4.79 Å². The first-order valence-corrected chi connectivity index (χ1v) is 6.98. The predicted octanol–water partition coefficient (Wildman–Crippen LogP) is 3.18. The van der Waals surface area contributed by atoms with Crippen molar-refractivity contribution in [3.8, 4) is 0 Å². The van der Waals surface area contributed by atoms with Gasteiger partial charge < -0.3 is 10.8 Å². The predicted molar refractivity (Wildman–Crippen MR) is 69.8 cm³/mol. The lowest BCUT2D eigenvalue weighted by Crippen LogP contribution is -2.45. The number of carboxylic acids is 1. The Morgan fingerprint density at radius 1 is 1.47 bits per heavy atom. The smallest absolute Gasteiger partial charge is 0.323 e. The van der Waals surface area contributed by atoms with Gasteiger partial charge in [-0.25, -0.2) is 0 Å². The minimum absolute atomic E-state index is 0.589. The number of hydrogen-bond donors (Lipinski definition) is 2. The van der Waals surface area contributed by atoms with Crippen molar-refractivity contribution >= 4 is 5.97 Å². The van der Waals surface area contributed by atoms with Crippen LogP contribution in [0.2, 0.25) is 0 Å². The molecule has 0 amide bonds. The number of carboxylic acid groups (broad SMARTS) is 1. The summed E-state index contributed by atoms with van der Waals surface area (Å²) >= 11 is 0. The van der Waals surface area contributed by atoms with Gasteiger partial charge in [0.25, 0.3) is 0 Å². The lowest BCUT2D eigenvalue weighted by molar-refractivity contribution is -0.143. The second kappa shape index (κ2) is 6.39. The van der Waals surface area contributed by atoms with E-state index in [9.17, 15) is 4.79 Å². The highest BCUT2D eigenvalue weighted by atomic mass is 16.4. The SMILES string of the molecule is CCC(CCC1CCC1)CCC(C)(N)C(=O)O. The van der Waals surface area contributed by atoms with Crippen molar-refractivity contribution in [3.63, 3.8) is 0 Å². The summed E-state index contributed by atoms with van der Waals surface area (Å²) in [6.45, 7) is 3.81. The zero-order chi connectivity index (χ0) is 12.9. The fourth-order valence-corrected chi connectivity index (χ4v) is 2.42. The van der Waals surface area contributed by atoms with Gasteiger partial charge in [0, 0.05) is 0 Å². The molecule has 3 nitrogen and oxygen atoms in total. The van der Waals surface area contributed by atoms with Crippen LogP contribution in [-0.4, -0.2) is 16.6 Å². The van der Waals surface area contributed by atoms with Crippen molar-refractivity contribution in [2.45, 2.75) is 70.8 Å². The van der Waals surface area contributed by atoms with E-state index in [1.807, 2.05) is 0 Å². The van der Waals surface area contributed by atoms with Crippen LogP contribution >= 0.6 is 0 Å². The Morgan fingerprint density at radius 2 is 2.12 bits per heavy atom. The summed E-state index contributed by atoms with van der Waals surface area (Å²) in [5.41, 5.74) is 4.70. The maximum absolute atomic E-state index is 10.9. The van der Waals surface area contributed by atoms with Crippen LogP contribution in [0.15, 0.2) is 0 Å². The van der Waals surface area contributed by atoms with Crippen LogP contribution in [0.5, 0.6) is 0 Å². The molecule has 0 aromatic carbocycles. The summed E-state index contributed by atoms with van der Waals surface area (Å²) in [6, 6.07) is 0. The zero-order valence-corrected chi connectivity index (χ0v) is 11.2. The lowest BCUT2D eigenvalue weighted by Gasteiger charge is -2.28. The second-order valence-electron chi connectivity index (χ2n) is 5.91. The van der Waals surface area contributed by atoms with Crippen molar-refractivity contribution in [1.29, 1.82) is 0 Å². The molecular weight excluding hydrogens is 214 g/mol. The molecule has 3 heteroatoms. The highest BCUT2D eigenvalue weighted by Crippen LogP contribution is 2.33. The van der Waals surface area contributed by atoms with Crippen LogP contribution in [0.1, 0.15) is 65.2 Å². The number of rotatable bonds is 8. The van der Waals surface area contributed by atoms with E-state index in [1.54, 1.807) is 6.92 Å². The van der Waals surface area contributed by atoms with Gasteiger partial charge in [-0.3, -0.25) is 4.79 Å². The lowest BCUT2D eigenvalue weighted by atomic mass is 9.79. The average Bonchev–Trinajstić information content (AvgIpc) is 2.20. The zero-order valence-electron chi connectivity index (χ0n) is 11.2. The summed E-state index contributed by atoms with van der Waals surface area (Å²) < 4.78 is 0. The molecule has 1 aliphatic carbocycles. The van der Waals surface area contributed by atoms with Crippen molar-refractivity contribution in [1.82, 2.24) is 0 Å². The van der Waals surface area contributed by atoms with E-state index in [4.69, 9.17) is 10.8 Å². The van der Waals surface area contributed by atoms with Gasteiger partial charge >= 0.3 is 5.97 Å². The number of carbonyl (C=O) groups is 1. The summed E-state index contributed by atoms with van der Waals surface area (Å²) in [5.74, 6) is 0.719. The molecule has 100 valence electrons. The molecule has 0 saturated heterocycles. The Kier molecular flexibility index (Phi) is 5.44. The Hall–Kier alpha value is -0.570. The van der Waals surface area contributed by atoms with Crippen LogP contribution in [0.4, 0.5) is 0 Å². The van der Waals surface area contributed by atoms with Crippen LogP contribution in [0.25, 0.3) is 0 Å². The highest BCUT2D eigenvalue weighted by molar-refractivity contribution is 5.77. The van der Waals surface area contributed by atoms with Crippen molar-refractivity contribution in [2.75, 3.05) is 0 Å². The van der Waals surface area contributed by atoms with Gasteiger partial charge in [0.1, 0.15) is 5.54 Å². The minimum Gasteiger partial charge on any atom is -0.480 e. The van der Waals surface area contributed by atoms with Crippen LogP contribution in [0.3, 0.4) is 0 Å². The van der Waals surface area contributed by atoms with Gasteiger partial charge in [0.2, 0.25) is 0 Å². The van der Waals surface area contributed by atoms with Gasteiger partial charge in [-0.05, 0) is 31.6 Å². The normalized spacial score (nSPS) is 21.6. The largest absolute Gasteiger partial charge is 0.480 e. The van der Waals surface area contributed by atoms with Gasteiger partial charge in [-0.2, -0.15) is 0 Å². The Balaban J connectivity index is 2.23. The third-order valence-corrected chi connectivity index (χ3v) is 4.35. The van der Waals surface area contributed by atoms with E-state index < -0.39 is 11.5 Å². The standard InChI is InChI=1S/C14H27NO2/c1-3-11(7-8-12-5-4-6-12)9-10-14(2,15)13(16)17/h11-12H,3-10,15H2,1-2H3,(H,16,17). The highest BCUT2D eigenvalue weighted by Gasteiger charge is 2.28. The molecule has 0 radical (unpaired) electrons. The molecule has 0 bridgehead atoms. The first kappa shape index (κ1) is 14.5. The molecule has 0 heterocycles. The Bertz CT molecular complexity index is 247. The molecular formula is C14H27NO2. The molecule has 2 atom stereocenters. The van der Waals surface area contributed by atoms with E-state index >= 15 is 0 Å². The topological polar surface area (TPSA) is 63.3 Å². The fourth-order valence-electron chi connectivity index (χ4n) is 2.42. The van der Waals surface area contributed by atoms with E-state index in [0.29, 0.717) is 12.3 Å². The Morgan fingerprint density at radius 3 is 2.53 bits per heavy atom. The second-order valence-corrected chi connectivity index (χ2v) is 5.91. The number of aliphatic carboxylic acids is 1. The Labute approximate surface area is 105 Å². The minimum atomic E-state index is -1.05. The summed E-state index contributed by atoms with van der Waals surface area (Å²) in [5, 5.41) is 8.97. The first-order valence-electron chi connectivity index (χ1n) is 6.98. The van der Waals surface area contributed by atoms with Gasteiger partial charge in [0.05, 0.1) is 0 Å². The molecule has 17 heavy (non-hydrogen) atoms. The van der Waals surface area contributed by atoms with Gasteiger partial charge in [-0.1, -0.05) is 45.4 Å². The third kappa shape index (κ3) is 4.66. The maximum Gasteiger partial charge on any atom is 0.323 e. The maximum atomic E-state index is 10.9. The molecule has 1 fully saturated rings.